The van der Waals surface area contributed by atoms with Gasteiger partial charge in [0.05, 0.1) is 17.3 Å². The van der Waals surface area contributed by atoms with E-state index in [9.17, 15) is 14.7 Å². The van der Waals surface area contributed by atoms with Gasteiger partial charge in [-0.1, -0.05) is 30.3 Å². The summed E-state index contributed by atoms with van der Waals surface area (Å²) in [6.45, 7) is 1.95. The van der Waals surface area contributed by atoms with E-state index in [1.165, 1.54) is 10.9 Å². The van der Waals surface area contributed by atoms with Crippen molar-refractivity contribution in [2.45, 2.75) is 6.92 Å². The van der Waals surface area contributed by atoms with Gasteiger partial charge in [-0.15, -0.1) is 0 Å². The number of amides is 1. The Balaban J connectivity index is 1.81. The van der Waals surface area contributed by atoms with Crippen molar-refractivity contribution < 1.29 is 9.90 Å². The summed E-state index contributed by atoms with van der Waals surface area (Å²) in [5.74, 6) is -1.09. The summed E-state index contributed by atoms with van der Waals surface area (Å²) >= 11 is 0. The molecule has 3 N–H and O–H groups in total. The summed E-state index contributed by atoms with van der Waals surface area (Å²) in [5.41, 5.74) is 1.57. The van der Waals surface area contributed by atoms with Crippen LogP contribution in [0.5, 0.6) is 5.75 Å². The largest absolute Gasteiger partial charge is 0.506 e. The quantitative estimate of drug-likeness (QED) is 0.523. The molecule has 0 saturated heterocycles. The molecule has 0 spiro atoms. The van der Waals surface area contributed by atoms with Gasteiger partial charge < -0.3 is 15.4 Å². The summed E-state index contributed by atoms with van der Waals surface area (Å²) in [6.07, 6.45) is 1.42. The summed E-state index contributed by atoms with van der Waals surface area (Å²) in [6, 6.07) is 16.3. The number of H-pyrrole nitrogens is 1. The van der Waals surface area contributed by atoms with Crippen LogP contribution in [0.1, 0.15) is 15.9 Å². The highest BCUT2D eigenvalue weighted by Gasteiger charge is 2.21. The number of aryl methyl sites for hydroxylation is 1. The predicted octanol–water partition coefficient (Wildman–Crippen LogP) is 2.98. The van der Waals surface area contributed by atoms with Crippen LogP contribution in [0.15, 0.2) is 65.6 Å². The van der Waals surface area contributed by atoms with Crippen LogP contribution in [-0.2, 0) is 0 Å². The fourth-order valence-corrected chi connectivity index (χ4v) is 2.94. The number of rotatable bonds is 3. The summed E-state index contributed by atoms with van der Waals surface area (Å²) in [5, 5.41) is 17.7. The lowest BCUT2D eigenvalue weighted by Gasteiger charge is -2.08. The maximum atomic E-state index is 12.5. The third-order valence-electron chi connectivity index (χ3n) is 4.23. The van der Waals surface area contributed by atoms with Gasteiger partial charge in [0, 0.05) is 5.69 Å². The molecule has 4 aromatic rings. The van der Waals surface area contributed by atoms with Crippen LogP contribution >= 0.6 is 0 Å². The number of para-hydroxylation sites is 1. The molecule has 0 aliphatic carbocycles. The second kappa shape index (κ2) is 6.45. The van der Waals surface area contributed by atoms with Crippen molar-refractivity contribution in [3.63, 3.8) is 0 Å². The predicted molar refractivity (Wildman–Crippen MR) is 102 cm³/mol. The van der Waals surface area contributed by atoms with Crippen molar-refractivity contribution in [1.82, 2.24) is 14.8 Å². The third kappa shape index (κ3) is 2.95. The van der Waals surface area contributed by atoms with Crippen molar-refractivity contribution in [1.29, 1.82) is 0 Å². The fraction of sp³-hybridized carbons (Fsp3) is 0.0500. The molecule has 2 heterocycles. The molecule has 0 aliphatic rings. The lowest BCUT2D eigenvalue weighted by atomic mass is 10.2. The van der Waals surface area contributed by atoms with E-state index in [1.807, 2.05) is 37.3 Å². The number of carbonyl (C=O) groups is 1. The van der Waals surface area contributed by atoms with Crippen molar-refractivity contribution in [3.8, 4) is 11.4 Å². The summed E-state index contributed by atoms with van der Waals surface area (Å²) < 4.78 is 1.52. The number of benzene rings is 2. The van der Waals surface area contributed by atoms with Gasteiger partial charge in [0.1, 0.15) is 17.0 Å². The zero-order valence-corrected chi connectivity index (χ0v) is 14.4. The van der Waals surface area contributed by atoms with Gasteiger partial charge in [-0.05, 0) is 36.8 Å². The van der Waals surface area contributed by atoms with Crippen LogP contribution in [0, 0.1) is 6.92 Å². The molecule has 7 heteroatoms. The van der Waals surface area contributed by atoms with Crippen molar-refractivity contribution in [2.24, 2.45) is 0 Å². The van der Waals surface area contributed by atoms with Crippen LogP contribution in [-0.4, -0.2) is 25.8 Å². The molecule has 0 bridgehead atoms. The number of pyridine rings is 1. The van der Waals surface area contributed by atoms with Gasteiger partial charge in [-0.2, -0.15) is 5.10 Å². The monoisotopic (exact) mass is 360 g/mol. The normalized spacial score (nSPS) is 10.9. The van der Waals surface area contributed by atoms with Gasteiger partial charge in [-0.25, -0.2) is 4.68 Å². The van der Waals surface area contributed by atoms with Gasteiger partial charge in [0.25, 0.3) is 11.5 Å². The Morgan fingerprint density at radius 1 is 1.15 bits per heavy atom. The van der Waals surface area contributed by atoms with E-state index in [0.717, 1.165) is 11.3 Å². The van der Waals surface area contributed by atoms with E-state index in [4.69, 9.17) is 0 Å². The maximum absolute atomic E-state index is 12.5. The van der Waals surface area contributed by atoms with Crippen LogP contribution in [0.4, 0.5) is 5.69 Å². The van der Waals surface area contributed by atoms with Crippen molar-refractivity contribution in [3.05, 3.63) is 82.3 Å². The average molecular weight is 360 g/mol. The van der Waals surface area contributed by atoms with Crippen molar-refractivity contribution in [2.75, 3.05) is 5.32 Å². The standard InChI is InChI=1S/C20H16N4O3/c1-12-6-5-9-14(10-12)24-18-15(11-21-24)17(25)16(20(27)23-18)19(26)22-13-7-3-2-4-8-13/h2-11H,1H3,(H,22,26)(H2,23,25,27). The molecule has 0 aliphatic heterocycles. The molecular formula is C20H16N4O3. The Labute approximate surface area is 153 Å². The van der Waals surface area contributed by atoms with E-state index in [0.29, 0.717) is 11.3 Å². The molecule has 7 nitrogen and oxygen atoms in total. The number of nitrogens with one attached hydrogen (secondary N) is 2. The number of nitrogens with zero attached hydrogens (tertiary/aromatic N) is 2. The Morgan fingerprint density at radius 2 is 1.93 bits per heavy atom. The van der Waals surface area contributed by atoms with E-state index >= 15 is 0 Å². The molecule has 1 amide bonds. The molecule has 0 atom stereocenters. The first kappa shape index (κ1) is 16.6. The minimum atomic E-state index is -0.692. The number of carbonyl (C=O) groups excluding carboxylic acids is 1. The Hall–Kier alpha value is -3.87. The second-order valence-electron chi connectivity index (χ2n) is 6.16. The zero-order chi connectivity index (χ0) is 19.0. The third-order valence-corrected chi connectivity index (χ3v) is 4.23. The SMILES string of the molecule is Cc1cccc(-n2ncc3c(O)c(C(=O)Nc4ccccc4)c(=O)[nH]c32)c1. The molecule has 2 aromatic heterocycles. The van der Waals surface area contributed by atoms with Crippen molar-refractivity contribution >= 4 is 22.6 Å². The average Bonchev–Trinajstić information content (AvgIpc) is 3.06. The minimum Gasteiger partial charge on any atom is -0.506 e. The maximum Gasteiger partial charge on any atom is 0.266 e. The number of hydrogen-bond donors (Lipinski definition) is 3. The molecular weight excluding hydrogens is 344 g/mol. The minimum absolute atomic E-state index is 0.286. The number of fused-ring (bicyclic) bond motifs is 1. The summed E-state index contributed by atoms with van der Waals surface area (Å²) in [4.78, 5) is 27.7. The molecule has 0 fully saturated rings. The van der Waals surface area contributed by atoms with Gasteiger partial charge >= 0.3 is 0 Å². The number of aromatic hydroxyl groups is 1. The summed E-state index contributed by atoms with van der Waals surface area (Å²) in [7, 11) is 0. The van der Waals surface area contributed by atoms with E-state index in [2.05, 4.69) is 15.4 Å². The van der Waals surface area contributed by atoms with Crippen LogP contribution < -0.4 is 10.9 Å². The molecule has 4 rings (SSSR count). The lowest BCUT2D eigenvalue weighted by Crippen LogP contribution is -2.23. The molecule has 0 unspecified atom stereocenters. The first-order valence-electron chi connectivity index (χ1n) is 8.31. The number of aromatic nitrogens is 3. The molecule has 134 valence electrons. The smallest absolute Gasteiger partial charge is 0.266 e. The van der Waals surface area contributed by atoms with Crippen LogP contribution in [0.25, 0.3) is 16.7 Å². The zero-order valence-electron chi connectivity index (χ0n) is 14.4. The van der Waals surface area contributed by atoms with E-state index in [1.54, 1.807) is 24.3 Å². The van der Waals surface area contributed by atoms with Crippen LogP contribution in [0.3, 0.4) is 0 Å². The highest BCUT2D eigenvalue weighted by Crippen LogP contribution is 2.27. The first-order chi connectivity index (χ1) is 13.0. The van der Waals surface area contributed by atoms with Gasteiger partial charge in [-0.3, -0.25) is 9.59 Å². The van der Waals surface area contributed by atoms with Gasteiger partial charge in [0.2, 0.25) is 0 Å². The molecule has 0 radical (unpaired) electrons. The Bertz CT molecular complexity index is 1210. The highest BCUT2D eigenvalue weighted by atomic mass is 16.3. The molecule has 0 saturated carbocycles. The number of aromatic amines is 1. The second-order valence-corrected chi connectivity index (χ2v) is 6.16. The number of hydrogen-bond acceptors (Lipinski definition) is 4. The van der Waals surface area contributed by atoms with E-state index in [-0.39, 0.29) is 10.9 Å². The number of anilines is 1. The van der Waals surface area contributed by atoms with Crippen LogP contribution in [0.2, 0.25) is 0 Å². The topological polar surface area (TPSA) is 100 Å². The first-order valence-corrected chi connectivity index (χ1v) is 8.31. The molecule has 27 heavy (non-hydrogen) atoms. The van der Waals surface area contributed by atoms with Gasteiger partial charge in [0.15, 0.2) is 0 Å². The molecule has 2 aromatic carbocycles. The highest BCUT2D eigenvalue weighted by molar-refractivity contribution is 6.08. The fourth-order valence-electron chi connectivity index (χ4n) is 2.94. The Kier molecular flexibility index (Phi) is 3.97. The van der Waals surface area contributed by atoms with E-state index < -0.39 is 17.2 Å². The Morgan fingerprint density at radius 3 is 2.67 bits per heavy atom. The lowest BCUT2D eigenvalue weighted by molar-refractivity contribution is 0.102.